The monoisotopic (exact) mass is 403 g/mol. The molecule has 0 radical (unpaired) electrons. The van der Waals surface area contributed by atoms with Gasteiger partial charge in [0, 0.05) is 24.7 Å². The first-order chi connectivity index (χ1) is 12.9. The van der Waals surface area contributed by atoms with E-state index in [2.05, 4.69) is 4.90 Å². The van der Waals surface area contributed by atoms with Crippen LogP contribution in [0.3, 0.4) is 0 Å². The van der Waals surface area contributed by atoms with Crippen LogP contribution < -0.4 is 4.74 Å². The van der Waals surface area contributed by atoms with Crippen LogP contribution in [0.4, 0.5) is 26.3 Å². The van der Waals surface area contributed by atoms with E-state index in [9.17, 15) is 26.3 Å². The lowest BCUT2D eigenvalue weighted by Crippen LogP contribution is -2.24. The average Bonchev–Trinajstić information content (AvgIpc) is 3.03. The van der Waals surface area contributed by atoms with E-state index in [0.29, 0.717) is 30.5 Å². The minimum Gasteiger partial charge on any atom is -0.489 e. The molecule has 3 rings (SSSR count). The van der Waals surface area contributed by atoms with E-state index in [-0.39, 0.29) is 18.2 Å². The molecule has 0 atom stereocenters. The second-order valence-corrected chi connectivity index (χ2v) is 7.10. The van der Waals surface area contributed by atoms with Gasteiger partial charge >= 0.3 is 12.4 Å². The summed E-state index contributed by atoms with van der Waals surface area (Å²) in [6, 6.07) is 7.20. The van der Waals surface area contributed by atoms with Gasteiger partial charge in [-0.2, -0.15) is 26.3 Å². The van der Waals surface area contributed by atoms with Gasteiger partial charge in [0.25, 0.3) is 0 Å². The topological polar surface area (TPSA) is 12.5 Å². The Hall–Kier alpha value is -2.22. The van der Waals surface area contributed by atoms with E-state index in [1.807, 2.05) is 19.9 Å². The molecule has 0 amide bonds. The highest BCUT2D eigenvalue weighted by molar-refractivity contribution is 5.43. The summed E-state index contributed by atoms with van der Waals surface area (Å²) in [6.45, 7) is 5.07. The molecular formula is C20H19F6NO. The first-order valence-corrected chi connectivity index (χ1v) is 8.71. The molecule has 28 heavy (non-hydrogen) atoms. The number of halogens is 6. The molecule has 1 aliphatic heterocycles. The van der Waals surface area contributed by atoms with Gasteiger partial charge in [-0.1, -0.05) is 12.1 Å². The quantitative estimate of drug-likeness (QED) is 0.578. The molecule has 0 spiro atoms. The molecule has 2 aromatic rings. The minimum absolute atomic E-state index is 0.115. The summed E-state index contributed by atoms with van der Waals surface area (Å²) >= 11 is 0. The van der Waals surface area contributed by atoms with E-state index in [1.165, 1.54) is 0 Å². The summed E-state index contributed by atoms with van der Waals surface area (Å²) in [5.41, 5.74) is -0.903. The standard InChI is InChI=1S/C20H19F6NO/c1-12(2)27-9-14-4-3-5-18(17(14)10-27)28-11-13-6-15(19(21,22)23)8-16(7-13)20(24,25)26/h3-8,12H,9-11H2,1-2H3. The predicted molar refractivity (Wildman–Crippen MR) is 91.6 cm³/mol. The summed E-state index contributed by atoms with van der Waals surface area (Å²) < 4.78 is 83.5. The molecule has 0 unspecified atom stereocenters. The minimum atomic E-state index is -4.87. The van der Waals surface area contributed by atoms with Crippen LogP contribution in [-0.2, 0) is 32.0 Å². The maximum Gasteiger partial charge on any atom is 0.416 e. The van der Waals surface area contributed by atoms with Crippen LogP contribution in [0.1, 0.15) is 41.7 Å². The molecule has 0 saturated heterocycles. The van der Waals surface area contributed by atoms with Gasteiger partial charge in [-0.3, -0.25) is 4.90 Å². The Morgan fingerprint density at radius 1 is 0.929 bits per heavy atom. The Kier molecular flexibility index (Phi) is 5.36. The lowest BCUT2D eigenvalue weighted by atomic mass is 10.0. The largest absolute Gasteiger partial charge is 0.489 e. The van der Waals surface area contributed by atoms with E-state index >= 15 is 0 Å². The Morgan fingerprint density at radius 2 is 1.54 bits per heavy atom. The third-order valence-corrected chi connectivity index (χ3v) is 4.74. The highest BCUT2D eigenvalue weighted by atomic mass is 19.4. The SMILES string of the molecule is CC(C)N1Cc2cccc(OCc3cc(C(F)(F)F)cc(C(F)(F)F)c3)c2C1. The third-order valence-electron chi connectivity index (χ3n) is 4.74. The molecule has 8 heteroatoms. The summed E-state index contributed by atoms with van der Waals surface area (Å²) in [6.07, 6.45) is -9.75. The number of rotatable bonds is 4. The number of alkyl halides is 6. The van der Waals surface area contributed by atoms with Crippen molar-refractivity contribution in [1.82, 2.24) is 4.90 Å². The van der Waals surface area contributed by atoms with Gasteiger partial charge < -0.3 is 4.74 Å². The van der Waals surface area contributed by atoms with Crippen molar-refractivity contribution >= 4 is 0 Å². The second-order valence-electron chi connectivity index (χ2n) is 7.10. The maximum absolute atomic E-state index is 13.0. The number of nitrogens with zero attached hydrogens (tertiary/aromatic N) is 1. The van der Waals surface area contributed by atoms with Gasteiger partial charge in [-0.25, -0.2) is 0 Å². The van der Waals surface area contributed by atoms with Crippen LogP contribution in [0.15, 0.2) is 36.4 Å². The highest BCUT2D eigenvalue weighted by Crippen LogP contribution is 2.37. The molecule has 2 aromatic carbocycles. The molecule has 0 aromatic heterocycles. The first kappa shape index (κ1) is 20.5. The van der Waals surface area contributed by atoms with Crippen molar-refractivity contribution in [2.75, 3.05) is 0 Å². The van der Waals surface area contributed by atoms with Crippen LogP contribution in [-0.4, -0.2) is 10.9 Å². The van der Waals surface area contributed by atoms with Gasteiger partial charge in [0.15, 0.2) is 0 Å². The zero-order chi connectivity index (χ0) is 20.7. The van der Waals surface area contributed by atoms with Crippen LogP contribution in [0.2, 0.25) is 0 Å². The van der Waals surface area contributed by atoms with Crippen molar-refractivity contribution in [3.05, 3.63) is 64.2 Å². The highest BCUT2D eigenvalue weighted by Gasteiger charge is 2.37. The first-order valence-electron chi connectivity index (χ1n) is 8.71. The van der Waals surface area contributed by atoms with Crippen molar-refractivity contribution in [2.24, 2.45) is 0 Å². The van der Waals surface area contributed by atoms with E-state index in [1.54, 1.807) is 12.1 Å². The lowest BCUT2D eigenvalue weighted by Gasteiger charge is -2.19. The van der Waals surface area contributed by atoms with Crippen LogP contribution in [0.5, 0.6) is 5.75 Å². The second kappa shape index (κ2) is 7.31. The van der Waals surface area contributed by atoms with E-state index in [0.717, 1.165) is 17.7 Å². The van der Waals surface area contributed by atoms with E-state index in [4.69, 9.17) is 4.74 Å². The molecule has 152 valence electrons. The number of hydrogen-bond acceptors (Lipinski definition) is 2. The molecule has 0 saturated carbocycles. The van der Waals surface area contributed by atoms with Crippen LogP contribution >= 0.6 is 0 Å². The fraction of sp³-hybridized carbons (Fsp3) is 0.400. The van der Waals surface area contributed by atoms with E-state index < -0.39 is 23.5 Å². The Bertz CT molecular complexity index is 825. The molecule has 0 N–H and O–H groups in total. The van der Waals surface area contributed by atoms with Crippen LogP contribution in [0, 0.1) is 0 Å². The third kappa shape index (κ3) is 4.43. The lowest BCUT2D eigenvalue weighted by molar-refractivity contribution is -0.143. The fourth-order valence-corrected chi connectivity index (χ4v) is 3.18. The van der Waals surface area contributed by atoms with Crippen molar-refractivity contribution in [2.45, 2.75) is 51.9 Å². The number of benzene rings is 2. The van der Waals surface area contributed by atoms with Gasteiger partial charge in [0.1, 0.15) is 12.4 Å². The molecule has 0 fully saturated rings. The Balaban J connectivity index is 1.86. The van der Waals surface area contributed by atoms with Gasteiger partial charge in [-0.05, 0) is 49.2 Å². The van der Waals surface area contributed by atoms with Gasteiger partial charge in [0.2, 0.25) is 0 Å². The molecule has 0 bridgehead atoms. The molecule has 1 aliphatic rings. The summed E-state index contributed by atoms with van der Waals surface area (Å²) in [5.74, 6) is 0.478. The number of hydrogen-bond donors (Lipinski definition) is 0. The fourth-order valence-electron chi connectivity index (χ4n) is 3.18. The zero-order valence-electron chi connectivity index (χ0n) is 15.3. The molecule has 1 heterocycles. The van der Waals surface area contributed by atoms with Crippen molar-refractivity contribution in [3.63, 3.8) is 0 Å². The zero-order valence-corrected chi connectivity index (χ0v) is 15.3. The summed E-state index contributed by atoms with van der Waals surface area (Å²) in [4.78, 5) is 2.20. The summed E-state index contributed by atoms with van der Waals surface area (Å²) in [5, 5.41) is 0. The van der Waals surface area contributed by atoms with Crippen molar-refractivity contribution in [1.29, 1.82) is 0 Å². The maximum atomic E-state index is 13.0. The smallest absolute Gasteiger partial charge is 0.416 e. The number of ether oxygens (including phenoxy) is 1. The van der Waals surface area contributed by atoms with Gasteiger partial charge in [-0.15, -0.1) is 0 Å². The van der Waals surface area contributed by atoms with Crippen molar-refractivity contribution in [3.8, 4) is 5.75 Å². The normalized spacial score (nSPS) is 15.2. The average molecular weight is 403 g/mol. The number of fused-ring (bicyclic) bond motifs is 1. The molecular weight excluding hydrogens is 384 g/mol. The van der Waals surface area contributed by atoms with Crippen molar-refractivity contribution < 1.29 is 31.1 Å². The Labute approximate surface area is 158 Å². The Morgan fingerprint density at radius 3 is 2.07 bits per heavy atom. The molecule has 0 aliphatic carbocycles. The summed E-state index contributed by atoms with van der Waals surface area (Å²) in [7, 11) is 0. The molecule has 2 nitrogen and oxygen atoms in total. The van der Waals surface area contributed by atoms with Crippen LogP contribution in [0.25, 0.3) is 0 Å². The van der Waals surface area contributed by atoms with Gasteiger partial charge in [0.05, 0.1) is 11.1 Å². The predicted octanol–water partition coefficient (Wildman–Crippen LogP) is 6.03.